The lowest BCUT2D eigenvalue weighted by Gasteiger charge is -2.06. The van der Waals surface area contributed by atoms with Gasteiger partial charge in [-0.2, -0.15) is 5.10 Å². The number of nitrogens with one attached hydrogen (secondary N) is 1. The molecule has 1 amide bonds. The second-order valence-electron chi connectivity index (χ2n) is 6.76. The standard InChI is InChI=1S/C23H20ClN3O3/c1-16-6-2-5-9-20(16)29-15-18-10-11-21(30-18)23(28)25-22-12-13-27(26-22)14-17-7-3-4-8-19(17)24/h2-13H,14-15H2,1H3,(H,25,26,28). The number of anilines is 1. The number of aromatic nitrogens is 2. The second-order valence-corrected chi connectivity index (χ2v) is 7.17. The van der Waals surface area contributed by atoms with Crippen LogP contribution in [0.15, 0.2) is 77.3 Å². The molecule has 0 aliphatic carbocycles. The van der Waals surface area contributed by atoms with E-state index in [4.69, 9.17) is 20.8 Å². The fraction of sp³-hybridized carbons (Fsp3) is 0.130. The van der Waals surface area contributed by atoms with Gasteiger partial charge in [-0.15, -0.1) is 0 Å². The number of para-hydroxylation sites is 1. The highest BCUT2D eigenvalue weighted by atomic mass is 35.5. The van der Waals surface area contributed by atoms with E-state index < -0.39 is 0 Å². The maximum atomic E-state index is 12.5. The summed E-state index contributed by atoms with van der Waals surface area (Å²) in [6.45, 7) is 2.72. The van der Waals surface area contributed by atoms with E-state index in [1.165, 1.54) is 0 Å². The maximum absolute atomic E-state index is 12.5. The topological polar surface area (TPSA) is 69.3 Å². The van der Waals surface area contributed by atoms with Crippen LogP contribution in [0, 0.1) is 6.92 Å². The third-order valence-corrected chi connectivity index (χ3v) is 4.89. The second kappa shape index (κ2) is 8.88. The molecule has 0 saturated carbocycles. The van der Waals surface area contributed by atoms with Crippen LogP contribution in [0.1, 0.15) is 27.4 Å². The zero-order valence-corrected chi connectivity index (χ0v) is 17.1. The van der Waals surface area contributed by atoms with Crippen LogP contribution >= 0.6 is 11.6 Å². The van der Waals surface area contributed by atoms with Crippen molar-refractivity contribution in [1.82, 2.24) is 9.78 Å². The van der Waals surface area contributed by atoms with Gasteiger partial charge < -0.3 is 14.5 Å². The van der Waals surface area contributed by atoms with E-state index in [1.54, 1.807) is 29.1 Å². The molecule has 0 aliphatic heterocycles. The van der Waals surface area contributed by atoms with E-state index in [9.17, 15) is 4.79 Å². The number of nitrogens with zero attached hydrogens (tertiary/aromatic N) is 2. The van der Waals surface area contributed by atoms with E-state index in [0.717, 1.165) is 16.9 Å². The molecule has 7 heteroatoms. The lowest BCUT2D eigenvalue weighted by Crippen LogP contribution is -2.12. The number of rotatable bonds is 7. The minimum Gasteiger partial charge on any atom is -0.485 e. The van der Waals surface area contributed by atoms with Crippen molar-refractivity contribution in [2.75, 3.05) is 5.32 Å². The Morgan fingerprint density at radius 2 is 1.90 bits per heavy atom. The quantitative estimate of drug-likeness (QED) is 0.438. The largest absolute Gasteiger partial charge is 0.485 e. The lowest BCUT2D eigenvalue weighted by atomic mass is 10.2. The molecule has 0 spiro atoms. The third kappa shape index (κ3) is 4.72. The number of hydrogen-bond acceptors (Lipinski definition) is 4. The first-order valence-electron chi connectivity index (χ1n) is 9.44. The zero-order chi connectivity index (χ0) is 20.9. The minimum atomic E-state index is -0.375. The molecule has 152 valence electrons. The zero-order valence-electron chi connectivity index (χ0n) is 16.3. The SMILES string of the molecule is Cc1ccccc1OCc1ccc(C(=O)Nc2ccn(Cc3ccccc3Cl)n2)o1. The normalized spacial score (nSPS) is 10.7. The molecule has 0 saturated heterocycles. The van der Waals surface area contributed by atoms with E-state index >= 15 is 0 Å². The molecule has 30 heavy (non-hydrogen) atoms. The van der Waals surface area contributed by atoms with Gasteiger partial charge >= 0.3 is 0 Å². The highest BCUT2D eigenvalue weighted by Gasteiger charge is 2.14. The molecule has 0 fully saturated rings. The number of carbonyl (C=O) groups is 1. The van der Waals surface area contributed by atoms with Crippen LogP contribution in [0.2, 0.25) is 5.02 Å². The molecule has 0 bridgehead atoms. The summed E-state index contributed by atoms with van der Waals surface area (Å²) < 4.78 is 13.1. The fourth-order valence-electron chi connectivity index (χ4n) is 2.94. The number of hydrogen-bond donors (Lipinski definition) is 1. The Balaban J connectivity index is 1.35. The highest BCUT2D eigenvalue weighted by molar-refractivity contribution is 6.31. The smallest absolute Gasteiger partial charge is 0.292 e. The highest BCUT2D eigenvalue weighted by Crippen LogP contribution is 2.19. The first-order chi connectivity index (χ1) is 14.6. The summed E-state index contributed by atoms with van der Waals surface area (Å²) in [6.07, 6.45) is 1.78. The van der Waals surface area contributed by atoms with Crippen molar-refractivity contribution in [3.8, 4) is 5.75 Å². The number of carbonyl (C=O) groups excluding carboxylic acids is 1. The summed E-state index contributed by atoms with van der Waals surface area (Å²) in [4.78, 5) is 12.5. The predicted octanol–water partition coefficient (Wildman–Crippen LogP) is 5.32. The van der Waals surface area contributed by atoms with Crippen molar-refractivity contribution in [2.24, 2.45) is 0 Å². The first-order valence-corrected chi connectivity index (χ1v) is 9.81. The van der Waals surface area contributed by atoms with E-state index in [-0.39, 0.29) is 18.3 Å². The van der Waals surface area contributed by atoms with Crippen LogP contribution in [-0.4, -0.2) is 15.7 Å². The van der Waals surface area contributed by atoms with Gasteiger partial charge in [0.2, 0.25) is 0 Å². The van der Waals surface area contributed by atoms with E-state index in [1.807, 2.05) is 55.5 Å². The van der Waals surface area contributed by atoms with Gasteiger partial charge in [0.15, 0.2) is 11.6 Å². The molecular weight excluding hydrogens is 402 g/mol. The summed E-state index contributed by atoms with van der Waals surface area (Å²) in [5.74, 6) is 1.59. The molecule has 1 N–H and O–H groups in total. The van der Waals surface area contributed by atoms with Gasteiger partial charge in [0.25, 0.3) is 5.91 Å². The summed E-state index contributed by atoms with van der Waals surface area (Å²) in [5, 5.41) is 7.78. The van der Waals surface area contributed by atoms with E-state index in [2.05, 4.69) is 10.4 Å². The van der Waals surface area contributed by atoms with Gasteiger partial charge in [-0.1, -0.05) is 48.0 Å². The van der Waals surface area contributed by atoms with Gasteiger partial charge in [0, 0.05) is 17.3 Å². The van der Waals surface area contributed by atoms with Crippen LogP contribution in [0.25, 0.3) is 0 Å². The first kappa shape index (κ1) is 19.8. The fourth-order valence-corrected chi connectivity index (χ4v) is 3.14. The summed E-state index contributed by atoms with van der Waals surface area (Å²) >= 11 is 6.19. The minimum absolute atomic E-state index is 0.194. The van der Waals surface area contributed by atoms with Crippen molar-refractivity contribution < 1.29 is 13.9 Å². The van der Waals surface area contributed by atoms with Crippen LogP contribution in [0.5, 0.6) is 5.75 Å². The van der Waals surface area contributed by atoms with E-state index in [0.29, 0.717) is 23.1 Å². The number of amides is 1. The van der Waals surface area contributed by atoms with Crippen LogP contribution in [-0.2, 0) is 13.2 Å². The van der Waals surface area contributed by atoms with Crippen molar-refractivity contribution in [2.45, 2.75) is 20.1 Å². The average Bonchev–Trinajstić information content (AvgIpc) is 3.39. The Bertz CT molecular complexity index is 1170. The molecule has 0 radical (unpaired) electrons. The maximum Gasteiger partial charge on any atom is 0.292 e. The predicted molar refractivity (Wildman–Crippen MR) is 115 cm³/mol. The monoisotopic (exact) mass is 421 g/mol. The molecule has 0 aliphatic rings. The summed E-state index contributed by atoms with van der Waals surface area (Å²) in [7, 11) is 0. The Morgan fingerprint density at radius 1 is 1.10 bits per heavy atom. The van der Waals surface area contributed by atoms with Gasteiger partial charge in [0.1, 0.15) is 18.1 Å². The van der Waals surface area contributed by atoms with Crippen molar-refractivity contribution in [1.29, 1.82) is 0 Å². The molecule has 2 heterocycles. The molecule has 6 nitrogen and oxygen atoms in total. The Kier molecular flexibility index (Phi) is 5.86. The molecule has 4 aromatic rings. The third-order valence-electron chi connectivity index (χ3n) is 4.52. The Hall–Kier alpha value is -3.51. The molecule has 0 unspecified atom stereocenters. The molecule has 4 rings (SSSR count). The molecule has 2 aromatic carbocycles. The molecular formula is C23H20ClN3O3. The number of furan rings is 1. The van der Waals surface area contributed by atoms with Gasteiger partial charge in [-0.25, -0.2) is 0 Å². The van der Waals surface area contributed by atoms with Crippen molar-refractivity contribution in [3.05, 3.63) is 101 Å². The summed E-state index contributed by atoms with van der Waals surface area (Å²) in [6, 6.07) is 20.4. The van der Waals surface area contributed by atoms with Gasteiger partial charge in [-0.05, 0) is 42.3 Å². The lowest BCUT2D eigenvalue weighted by molar-refractivity contribution is 0.0992. The van der Waals surface area contributed by atoms with Crippen LogP contribution in [0.4, 0.5) is 5.82 Å². The van der Waals surface area contributed by atoms with Crippen molar-refractivity contribution in [3.63, 3.8) is 0 Å². The number of benzene rings is 2. The number of aryl methyl sites for hydroxylation is 1. The number of halogens is 1. The molecule has 2 aromatic heterocycles. The van der Waals surface area contributed by atoms with Crippen LogP contribution < -0.4 is 10.1 Å². The van der Waals surface area contributed by atoms with Gasteiger partial charge in [-0.3, -0.25) is 9.48 Å². The average molecular weight is 422 g/mol. The Labute approximate surface area is 179 Å². The van der Waals surface area contributed by atoms with Crippen LogP contribution in [0.3, 0.4) is 0 Å². The summed E-state index contributed by atoms with van der Waals surface area (Å²) in [5.41, 5.74) is 1.99. The van der Waals surface area contributed by atoms with Gasteiger partial charge in [0.05, 0.1) is 6.54 Å². The number of ether oxygens (including phenoxy) is 1. The van der Waals surface area contributed by atoms with Crippen molar-refractivity contribution >= 4 is 23.3 Å². The Morgan fingerprint density at radius 3 is 2.73 bits per heavy atom. The molecule has 0 atom stereocenters.